The maximum absolute atomic E-state index is 13.5. The van der Waals surface area contributed by atoms with Crippen LogP contribution < -0.4 is 14.8 Å². The molecule has 0 aliphatic carbocycles. The van der Waals surface area contributed by atoms with E-state index in [9.17, 15) is 9.18 Å². The molecule has 3 aromatic carbocycles. The van der Waals surface area contributed by atoms with Gasteiger partial charge in [0.1, 0.15) is 36.1 Å². The lowest BCUT2D eigenvalue weighted by Gasteiger charge is -2.24. The molecule has 2 aliphatic heterocycles. The fourth-order valence-electron chi connectivity index (χ4n) is 5.44. The number of benzene rings is 3. The van der Waals surface area contributed by atoms with Crippen LogP contribution in [0.25, 0.3) is 10.9 Å². The minimum absolute atomic E-state index is 0.0428. The van der Waals surface area contributed by atoms with Crippen LogP contribution in [0.1, 0.15) is 11.1 Å². The molecule has 0 bridgehead atoms. The van der Waals surface area contributed by atoms with Crippen molar-refractivity contribution in [2.75, 3.05) is 45.3 Å². The Hall–Kier alpha value is -4.09. The van der Waals surface area contributed by atoms with Gasteiger partial charge in [-0.3, -0.25) is 9.69 Å². The minimum Gasteiger partial charge on any atom is -0.496 e. The third-order valence-corrected chi connectivity index (χ3v) is 7.88. The number of ketones is 1. The van der Waals surface area contributed by atoms with Crippen LogP contribution in [0.3, 0.4) is 0 Å². The second kappa shape index (κ2) is 13.7. The zero-order chi connectivity index (χ0) is 30.5. The summed E-state index contributed by atoms with van der Waals surface area (Å²) in [5, 5.41) is 4.41. The predicted molar refractivity (Wildman–Crippen MR) is 165 cm³/mol. The van der Waals surface area contributed by atoms with E-state index in [0.29, 0.717) is 58.9 Å². The maximum atomic E-state index is 13.5. The molecule has 2 fully saturated rings. The average Bonchev–Trinajstić information content (AvgIpc) is 3.43. The molecule has 228 valence electrons. The first-order valence-corrected chi connectivity index (χ1v) is 14.7. The van der Waals surface area contributed by atoms with E-state index in [1.807, 2.05) is 18.2 Å². The summed E-state index contributed by atoms with van der Waals surface area (Å²) in [4.78, 5) is 24.0. The monoisotopic (exact) mass is 618 g/mol. The summed E-state index contributed by atoms with van der Waals surface area (Å²) >= 11 is 6.50. The molecule has 2 aliphatic rings. The molecule has 44 heavy (non-hydrogen) atoms. The second-order valence-corrected chi connectivity index (χ2v) is 11.1. The van der Waals surface area contributed by atoms with Crippen LogP contribution in [-0.4, -0.2) is 72.8 Å². The number of nitrogens with zero attached hydrogens (tertiary/aromatic N) is 3. The fourth-order valence-corrected chi connectivity index (χ4v) is 5.68. The number of carbonyl (C=O) groups is 1. The van der Waals surface area contributed by atoms with Crippen LogP contribution in [0.5, 0.6) is 11.5 Å². The van der Waals surface area contributed by atoms with Gasteiger partial charge in [0.05, 0.1) is 43.1 Å². The van der Waals surface area contributed by atoms with E-state index in [4.69, 9.17) is 30.5 Å². The Morgan fingerprint density at radius 1 is 1.09 bits per heavy atom. The quantitative estimate of drug-likeness (QED) is 0.218. The van der Waals surface area contributed by atoms with Crippen molar-refractivity contribution in [1.29, 1.82) is 0 Å². The summed E-state index contributed by atoms with van der Waals surface area (Å²) in [6.45, 7) is 3.70. The lowest BCUT2D eigenvalue weighted by molar-refractivity contribution is -0.116. The van der Waals surface area contributed by atoms with Crippen molar-refractivity contribution in [2.24, 2.45) is 0 Å². The second-order valence-electron chi connectivity index (χ2n) is 10.7. The Morgan fingerprint density at radius 3 is 2.66 bits per heavy atom. The number of rotatable bonds is 11. The number of allylic oxidation sites excluding steroid dienone is 1. The summed E-state index contributed by atoms with van der Waals surface area (Å²) in [5.41, 5.74) is 2.76. The molecule has 0 unspecified atom stereocenters. The highest BCUT2D eigenvalue weighted by Crippen LogP contribution is 2.33. The standard InChI is InChI=1S/C33H32ClFN4O5/c1-41-30-16-28-26(14-22(30)13-25(40)6-3-9-39-17-31-32(18-39)43-11-10-42-31)33(37-20-36-28)38-24-7-8-29(27(34)15-24)44-19-21-4-2-5-23(35)12-21/h2-8,12,14-16,20,31-32H,9-11,13,17-19H2,1H3,(H,36,37,38)/b6-3+/t31-,32+. The topological polar surface area (TPSA) is 95.0 Å². The molecular formula is C33H32ClFN4O5. The van der Waals surface area contributed by atoms with Gasteiger partial charge in [0.15, 0.2) is 5.78 Å². The Balaban J connectivity index is 1.13. The highest BCUT2D eigenvalue weighted by molar-refractivity contribution is 6.32. The van der Waals surface area contributed by atoms with E-state index in [1.165, 1.54) is 18.5 Å². The van der Waals surface area contributed by atoms with Gasteiger partial charge in [0.25, 0.3) is 0 Å². The molecule has 3 heterocycles. The first-order valence-electron chi connectivity index (χ1n) is 14.4. The third kappa shape index (κ3) is 7.16. The Kier molecular flexibility index (Phi) is 9.32. The number of halogens is 2. The van der Waals surface area contributed by atoms with Gasteiger partial charge in [0.2, 0.25) is 0 Å². The number of fused-ring (bicyclic) bond motifs is 2. The number of carbonyl (C=O) groups excluding carboxylic acids is 1. The van der Waals surface area contributed by atoms with Crippen molar-refractivity contribution >= 4 is 39.8 Å². The molecule has 11 heteroatoms. The van der Waals surface area contributed by atoms with Crippen molar-refractivity contribution in [3.05, 3.63) is 95.0 Å². The molecule has 6 rings (SSSR count). The van der Waals surface area contributed by atoms with Crippen molar-refractivity contribution in [2.45, 2.75) is 25.2 Å². The van der Waals surface area contributed by atoms with Crippen LogP contribution >= 0.6 is 11.6 Å². The van der Waals surface area contributed by atoms with Crippen molar-refractivity contribution in [1.82, 2.24) is 14.9 Å². The van der Waals surface area contributed by atoms with Gasteiger partial charge in [-0.25, -0.2) is 14.4 Å². The van der Waals surface area contributed by atoms with E-state index in [0.717, 1.165) is 24.0 Å². The number of hydrogen-bond acceptors (Lipinski definition) is 9. The molecular weight excluding hydrogens is 587 g/mol. The molecule has 2 atom stereocenters. The first-order chi connectivity index (χ1) is 21.4. The largest absolute Gasteiger partial charge is 0.496 e. The summed E-state index contributed by atoms with van der Waals surface area (Å²) < 4.78 is 36.4. The zero-order valence-corrected chi connectivity index (χ0v) is 24.9. The van der Waals surface area contributed by atoms with E-state index in [-0.39, 0.29) is 36.8 Å². The minimum atomic E-state index is -0.322. The van der Waals surface area contributed by atoms with Crippen LogP contribution in [0, 0.1) is 5.82 Å². The summed E-state index contributed by atoms with van der Waals surface area (Å²) in [6, 6.07) is 15.2. The summed E-state index contributed by atoms with van der Waals surface area (Å²) in [7, 11) is 1.57. The van der Waals surface area contributed by atoms with Crippen molar-refractivity contribution in [3.63, 3.8) is 0 Å². The van der Waals surface area contributed by atoms with Gasteiger partial charge in [-0.05, 0) is 48.0 Å². The molecule has 0 saturated carbocycles. The smallest absolute Gasteiger partial charge is 0.159 e. The van der Waals surface area contributed by atoms with Crippen LogP contribution in [0.2, 0.25) is 5.02 Å². The molecule has 9 nitrogen and oxygen atoms in total. The molecule has 1 N–H and O–H groups in total. The van der Waals surface area contributed by atoms with E-state index in [1.54, 1.807) is 43.5 Å². The predicted octanol–water partition coefficient (Wildman–Crippen LogP) is 5.52. The van der Waals surface area contributed by atoms with E-state index < -0.39 is 0 Å². The number of hydrogen-bond donors (Lipinski definition) is 1. The lowest BCUT2D eigenvalue weighted by atomic mass is 10.0. The number of likely N-dealkylation sites (tertiary alicyclic amines) is 1. The highest BCUT2D eigenvalue weighted by Gasteiger charge is 2.35. The maximum Gasteiger partial charge on any atom is 0.159 e. The van der Waals surface area contributed by atoms with E-state index in [2.05, 4.69) is 20.2 Å². The van der Waals surface area contributed by atoms with E-state index >= 15 is 0 Å². The van der Waals surface area contributed by atoms with Gasteiger partial charge >= 0.3 is 0 Å². The Bertz CT molecular complexity index is 1670. The Labute approximate surface area is 259 Å². The summed E-state index contributed by atoms with van der Waals surface area (Å²) in [6.07, 6.45) is 5.33. The molecule has 0 radical (unpaired) electrons. The number of anilines is 2. The van der Waals surface area contributed by atoms with Crippen molar-refractivity contribution in [3.8, 4) is 11.5 Å². The third-order valence-electron chi connectivity index (χ3n) is 7.59. The highest BCUT2D eigenvalue weighted by atomic mass is 35.5. The van der Waals surface area contributed by atoms with Gasteiger partial charge in [0, 0.05) is 48.8 Å². The molecule has 2 saturated heterocycles. The van der Waals surface area contributed by atoms with Crippen LogP contribution in [0.15, 0.2) is 73.1 Å². The molecule has 1 aromatic heterocycles. The number of methoxy groups -OCH3 is 1. The normalized spacial score (nSPS) is 18.4. The molecule has 0 amide bonds. The molecule has 4 aromatic rings. The zero-order valence-electron chi connectivity index (χ0n) is 24.2. The van der Waals surface area contributed by atoms with Crippen LogP contribution in [-0.2, 0) is 27.3 Å². The number of aromatic nitrogens is 2. The number of ether oxygens (including phenoxy) is 4. The number of nitrogens with one attached hydrogen (secondary N) is 1. The fraction of sp³-hybridized carbons (Fsp3) is 0.303. The van der Waals surface area contributed by atoms with Crippen LogP contribution in [0.4, 0.5) is 15.9 Å². The van der Waals surface area contributed by atoms with Gasteiger partial charge in [-0.15, -0.1) is 0 Å². The Morgan fingerprint density at radius 2 is 1.91 bits per heavy atom. The van der Waals surface area contributed by atoms with Gasteiger partial charge < -0.3 is 24.3 Å². The van der Waals surface area contributed by atoms with Gasteiger partial charge in [-0.1, -0.05) is 29.8 Å². The van der Waals surface area contributed by atoms with Crippen molar-refractivity contribution < 1.29 is 28.1 Å². The lowest BCUT2D eigenvalue weighted by Crippen LogP contribution is -2.36. The summed E-state index contributed by atoms with van der Waals surface area (Å²) in [5.74, 6) is 1.23. The average molecular weight is 619 g/mol. The van der Waals surface area contributed by atoms with Gasteiger partial charge in [-0.2, -0.15) is 0 Å². The SMILES string of the molecule is COc1cc2ncnc(Nc3ccc(OCc4cccc(F)c4)c(Cl)c3)c2cc1CC(=O)/C=C/CN1C[C@@H]2OCCO[C@@H]2C1. The first kappa shape index (κ1) is 30.0. The molecule has 0 spiro atoms.